The van der Waals surface area contributed by atoms with Gasteiger partial charge in [0.05, 0.1) is 18.5 Å². The van der Waals surface area contributed by atoms with E-state index in [0.29, 0.717) is 24.4 Å². The van der Waals surface area contributed by atoms with Gasteiger partial charge in [-0.3, -0.25) is 0 Å². The molecule has 1 unspecified atom stereocenters. The minimum Gasteiger partial charge on any atom is -0.598 e. The summed E-state index contributed by atoms with van der Waals surface area (Å²) in [6, 6.07) is 4.07. The highest BCUT2D eigenvalue weighted by atomic mass is 32.2. The van der Waals surface area contributed by atoms with Gasteiger partial charge in [0.25, 0.3) is 0 Å². The maximum absolute atomic E-state index is 15.2. The van der Waals surface area contributed by atoms with Crippen LogP contribution in [0.4, 0.5) is 4.39 Å². The van der Waals surface area contributed by atoms with Crippen molar-refractivity contribution in [3.63, 3.8) is 0 Å². The van der Waals surface area contributed by atoms with Crippen molar-refractivity contribution in [3.8, 4) is 0 Å². The summed E-state index contributed by atoms with van der Waals surface area (Å²) < 4.78 is 43.1. The first-order chi connectivity index (χ1) is 13.4. The van der Waals surface area contributed by atoms with E-state index in [-0.39, 0.29) is 12.1 Å². The molecular formula is C20H34FN3O3SSi. The summed E-state index contributed by atoms with van der Waals surface area (Å²) in [5, 5.41) is 0. The van der Waals surface area contributed by atoms with E-state index in [2.05, 4.69) is 29.3 Å². The highest BCUT2D eigenvalue weighted by molar-refractivity contribution is 7.90. The average molecular weight is 444 g/mol. The summed E-state index contributed by atoms with van der Waals surface area (Å²) in [7, 11) is 0.389. The molecule has 2 rings (SSSR count). The number of fused-ring (bicyclic) bond motifs is 1. The molecule has 1 heterocycles. The van der Waals surface area contributed by atoms with Crippen LogP contribution in [0, 0.1) is 5.82 Å². The lowest BCUT2D eigenvalue weighted by Crippen LogP contribution is -2.42. The van der Waals surface area contributed by atoms with E-state index in [1.807, 2.05) is 26.8 Å². The predicted molar refractivity (Wildman–Crippen MR) is 119 cm³/mol. The van der Waals surface area contributed by atoms with Crippen molar-refractivity contribution in [2.45, 2.75) is 64.0 Å². The number of hydrogen-bond acceptors (Lipinski definition) is 5. The Morgan fingerprint density at radius 1 is 1.31 bits per heavy atom. The highest BCUT2D eigenvalue weighted by Gasteiger charge is 2.31. The lowest BCUT2D eigenvalue weighted by molar-refractivity contribution is 0.0898. The maximum Gasteiger partial charge on any atom is 0.156 e. The normalized spacial score (nSPS) is 15.1. The number of methoxy groups -OCH3 is 1. The Morgan fingerprint density at radius 2 is 2.00 bits per heavy atom. The topological polar surface area (TPSA) is 71.4 Å². The summed E-state index contributed by atoms with van der Waals surface area (Å²) >= 11 is -1.36. The number of halogens is 1. The molecule has 9 heteroatoms. The standard InChI is InChI=1S/C20H34FN3O3SSi/c1-20(2,3)28(25)23-16(12-26-4)15-8-9-17-19(18(15)21)22-13-24(17)14-27-10-11-29(5,6)7/h8-9,13,16,23H,10-12,14H2,1-7H3/t16-,28?/m1/s1. The van der Waals surface area contributed by atoms with Crippen LogP contribution in [0.15, 0.2) is 18.5 Å². The molecule has 0 spiro atoms. The molecule has 6 nitrogen and oxygen atoms in total. The van der Waals surface area contributed by atoms with Crippen molar-refractivity contribution in [3.05, 3.63) is 29.8 Å². The van der Waals surface area contributed by atoms with Crippen LogP contribution in [-0.2, 0) is 27.6 Å². The van der Waals surface area contributed by atoms with Crippen LogP contribution >= 0.6 is 0 Å². The Labute approximate surface area is 177 Å². The molecule has 0 aliphatic rings. The van der Waals surface area contributed by atoms with E-state index < -0.39 is 36.0 Å². The zero-order valence-electron chi connectivity index (χ0n) is 18.5. The van der Waals surface area contributed by atoms with Gasteiger partial charge in [0.15, 0.2) is 5.82 Å². The van der Waals surface area contributed by atoms with Gasteiger partial charge in [-0.1, -0.05) is 25.7 Å². The van der Waals surface area contributed by atoms with Crippen LogP contribution in [0.2, 0.25) is 25.7 Å². The second kappa shape index (κ2) is 9.89. The van der Waals surface area contributed by atoms with Crippen molar-refractivity contribution < 1.29 is 18.4 Å². The summed E-state index contributed by atoms with van der Waals surface area (Å²) in [6.07, 6.45) is 1.60. The molecule has 0 saturated heterocycles. The molecule has 0 aliphatic carbocycles. The van der Waals surface area contributed by atoms with Crippen molar-refractivity contribution >= 4 is 30.5 Å². The fraction of sp³-hybridized carbons (Fsp3) is 0.650. The predicted octanol–water partition coefficient (Wildman–Crippen LogP) is 4.23. The molecular weight excluding hydrogens is 409 g/mol. The van der Waals surface area contributed by atoms with E-state index >= 15 is 4.39 Å². The largest absolute Gasteiger partial charge is 0.598 e. The second-order valence-corrected chi connectivity index (χ2v) is 17.0. The molecule has 0 amide bonds. The van der Waals surface area contributed by atoms with E-state index in [1.54, 1.807) is 17.0 Å². The Morgan fingerprint density at radius 3 is 2.59 bits per heavy atom. The molecule has 0 aliphatic heterocycles. The van der Waals surface area contributed by atoms with Crippen molar-refractivity contribution in [1.29, 1.82) is 0 Å². The second-order valence-electron chi connectivity index (χ2n) is 9.41. The lowest BCUT2D eigenvalue weighted by atomic mass is 10.1. The maximum atomic E-state index is 15.2. The Balaban J connectivity index is 2.20. The number of rotatable bonds is 10. The summed E-state index contributed by atoms with van der Waals surface area (Å²) in [6.45, 7) is 13.7. The quantitative estimate of drug-likeness (QED) is 0.338. The van der Waals surface area contributed by atoms with Gasteiger partial charge in [0.1, 0.15) is 23.0 Å². The van der Waals surface area contributed by atoms with Crippen LogP contribution in [-0.4, -0.2) is 47.2 Å². The van der Waals surface area contributed by atoms with Gasteiger partial charge in [0.2, 0.25) is 0 Å². The minimum atomic E-state index is -1.36. The third kappa shape index (κ3) is 6.76. The summed E-state index contributed by atoms with van der Waals surface area (Å²) in [5.41, 5.74) is 1.34. The van der Waals surface area contributed by atoms with Crippen molar-refractivity contribution in [2.75, 3.05) is 20.3 Å². The Kier molecular flexibility index (Phi) is 8.29. The first kappa shape index (κ1) is 24.3. The molecule has 0 fully saturated rings. The van der Waals surface area contributed by atoms with E-state index in [1.165, 1.54) is 7.11 Å². The number of ether oxygens (including phenoxy) is 2. The Hall–Kier alpha value is -0.973. The smallest absolute Gasteiger partial charge is 0.156 e. The van der Waals surface area contributed by atoms with Gasteiger partial charge in [-0.15, -0.1) is 4.72 Å². The van der Waals surface area contributed by atoms with Gasteiger partial charge in [-0.05, 0) is 32.9 Å². The fourth-order valence-corrected chi connectivity index (χ4v) is 4.25. The number of nitrogens with zero attached hydrogens (tertiary/aromatic N) is 2. The van der Waals surface area contributed by atoms with Crippen LogP contribution in [0.5, 0.6) is 0 Å². The fourth-order valence-electron chi connectivity index (χ4n) is 2.69. The molecule has 0 radical (unpaired) electrons. The minimum absolute atomic E-state index is 0.199. The van der Waals surface area contributed by atoms with Crippen molar-refractivity contribution in [2.24, 2.45) is 0 Å². The summed E-state index contributed by atoms with van der Waals surface area (Å²) in [4.78, 5) is 4.25. The monoisotopic (exact) mass is 443 g/mol. The SMILES string of the molecule is COC[C@@H](N[S+]([O-])C(C)(C)C)c1ccc2c(ncn2COCC[Si](C)(C)C)c1F. The van der Waals surface area contributed by atoms with Crippen molar-refractivity contribution in [1.82, 2.24) is 14.3 Å². The van der Waals surface area contributed by atoms with E-state index in [4.69, 9.17) is 9.47 Å². The summed E-state index contributed by atoms with van der Waals surface area (Å²) in [5.74, 6) is -0.427. The van der Waals surface area contributed by atoms with Crippen LogP contribution in [0.25, 0.3) is 11.0 Å². The lowest BCUT2D eigenvalue weighted by Gasteiger charge is -2.28. The number of imidazole rings is 1. The number of benzene rings is 1. The first-order valence-corrected chi connectivity index (χ1v) is 14.7. The zero-order valence-corrected chi connectivity index (χ0v) is 20.4. The molecule has 2 atom stereocenters. The van der Waals surface area contributed by atoms with Crippen LogP contribution in [0.3, 0.4) is 0 Å². The molecule has 1 aromatic carbocycles. The third-order valence-corrected chi connectivity index (χ3v) is 7.82. The molecule has 29 heavy (non-hydrogen) atoms. The number of aromatic nitrogens is 2. The van der Waals surface area contributed by atoms with Gasteiger partial charge in [0, 0.05) is 38.7 Å². The van der Waals surface area contributed by atoms with E-state index in [0.717, 1.165) is 6.04 Å². The highest BCUT2D eigenvalue weighted by Crippen LogP contribution is 2.27. The molecule has 2 aromatic rings. The van der Waals surface area contributed by atoms with Gasteiger partial charge < -0.3 is 18.6 Å². The van der Waals surface area contributed by atoms with Gasteiger partial charge >= 0.3 is 0 Å². The van der Waals surface area contributed by atoms with Gasteiger partial charge in [-0.2, -0.15) is 0 Å². The molecule has 0 bridgehead atoms. The van der Waals surface area contributed by atoms with Crippen LogP contribution in [0.1, 0.15) is 32.4 Å². The zero-order chi connectivity index (χ0) is 21.8. The van der Waals surface area contributed by atoms with Gasteiger partial charge in [-0.25, -0.2) is 9.37 Å². The van der Waals surface area contributed by atoms with Crippen LogP contribution < -0.4 is 4.72 Å². The molecule has 1 N–H and O–H groups in total. The molecule has 0 saturated carbocycles. The molecule has 1 aromatic heterocycles. The number of hydrogen-bond donors (Lipinski definition) is 1. The third-order valence-electron chi connectivity index (χ3n) is 4.50. The average Bonchev–Trinajstić information content (AvgIpc) is 3.01. The molecule has 164 valence electrons. The first-order valence-electron chi connectivity index (χ1n) is 9.82. The number of nitrogens with one attached hydrogen (secondary N) is 1. The Bertz CT molecular complexity index is 805. The van der Waals surface area contributed by atoms with E-state index in [9.17, 15) is 4.55 Å².